The topological polar surface area (TPSA) is 97.3 Å². The minimum absolute atomic E-state index is 0.0154. The molecule has 2 aromatic heterocycles. The van der Waals surface area contributed by atoms with E-state index in [1.165, 1.54) is 58.2 Å². The van der Waals surface area contributed by atoms with Gasteiger partial charge in [0.25, 0.3) is 0 Å². The van der Waals surface area contributed by atoms with Crippen molar-refractivity contribution in [2.24, 2.45) is 0 Å². The maximum atomic E-state index is 7.46. The monoisotopic (exact) mass is 767 g/mol. The molecule has 3 heterocycles. The molecule has 1 saturated heterocycles. The molecule has 0 bridgehead atoms. The Kier molecular flexibility index (Phi) is 12.9. The Balaban J connectivity index is 2.31. The Morgan fingerprint density at radius 2 is 1.36 bits per heavy atom. The van der Waals surface area contributed by atoms with E-state index in [-0.39, 0.29) is 22.3 Å². The van der Waals surface area contributed by atoms with Gasteiger partial charge in [-0.15, -0.1) is 0 Å². The number of anilines is 1. The van der Waals surface area contributed by atoms with Crippen molar-refractivity contribution in [1.29, 1.82) is 0 Å². The maximum absolute atomic E-state index is 7.46. The van der Waals surface area contributed by atoms with Crippen molar-refractivity contribution < 1.29 is 13.6 Å². The van der Waals surface area contributed by atoms with E-state index >= 15 is 0 Å². The van der Waals surface area contributed by atoms with Gasteiger partial charge in [0.15, 0.2) is 0 Å². The van der Waals surface area contributed by atoms with E-state index in [4.69, 9.17) is 19.3 Å². The van der Waals surface area contributed by atoms with Crippen molar-refractivity contribution in [3.63, 3.8) is 0 Å². The van der Waals surface area contributed by atoms with Gasteiger partial charge in [-0.25, -0.2) is 0 Å². The number of rotatable bonds is 15. The van der Waals surface area contributed by atoms with Crippen LogP contribution in [-0.4, -0.2) is 66.7 Å². The first kappa shape index (κ1) is 38.5. The van der Waals surface area contributed by atoms with Gasteiger partial charge in [0, 0.05) is 0 Å². The average molecular weight is 767 g/mol. The summed E-state index contributed by atoms with van der Waals surface area (Å²) in [5.74, 6) is 1.38. The summed E-state index contributed by atoms with van der Waals surface area (Å²) in [5.41, 5.74) is 7.52. The molecule has 3 atom stereocenters. The van der Waals surface area contributed by atoms with Crippen molar-refractivity contribution in [2.45, 2.75) is 169 Å². The third kappa shape index (κ3) is 8.94. The van der Waals surface area contributed by atoms with Crippen LogP contribution in [0.5, 0.6) is 0 Å². The minimum atomic E-state index is -2.83. The normalized spacial score (nSPS) is 21.2. The number of unbranched alkanes of at least 4 members (excludes halogenated alkanes) is 3. The number of nitrogens with two attached hydrogens (primary N) is 1. The van der Waals surface area contributed by atoms with E-state index < -0.39 is 41.2 Å². The summed E-state index contributed by atoms with van der Waals surface area (Å²) < 4.78 is 30.9. The summed E-state index contributed by atoms with van der Waals surface area (Å²) in [7, 11) is -4.50. The number of ether oxygens (including phenoxy) is 1. The van der Waals surface area contributed by atoms with E-state index in [2.05, 4.69) is 108 Å². The molecule has 8 nitrogen and oxygen atoms in total. The van der Waals surface area contributed by atoms with Crippen molar-refractivity contribution >= 4 is 52.0 Å². The van der Waals surface area contributed by atoms with Gasteiger partial charge >= 0.3 is 282 Å². The summed E-state index contributed by atoms with van der Waals surface area (Å²) in [4.78, 5) is 13.5. The van der Waals surface area contributed by atoms with Crippen LogP contribution >= 0.6 is 0 Å². The Hall–Kier alpha value is -0.958. The zero-order chi connectivity index (χ0) is 33.8. The third-order valence-electron chi connectivity index (χ3n) is 10.8. The molecule has 1 aliphatic rings. The Bertz CT molecular complexity index is 1260. The molecule has 2 N–H and O–H groups in total. The van der Waals surface area contributed by atoms with Crippen LogP contribution in [0.15, 0.2) is 22.5 Å². The second-order valence-electron chi connectivity index (χ2n) is 16.5. The van der Waals surface area contributed by atoms with E-state index in [1.54, 1.807) is 6.33 Å². The predicted octanol–water partition coefficient (Wildman–Crippen LogP) is 9.99. The number of imidazole rings is 1. The molecule has 0 radical (unpaired) electrons. The number of aromatic nitrogens is 4. The van der Waals surface area contributed by atoms with E-state index in [0.29, 0.717) is 17.0 Å². The van der Waals surface area contributed by atoms with Gasteiger partial charge < -0.3 is 0 Å². The van der Waals surface area contributed by atoms with Crippen molar-refractivity contribution in [3.05, 3.63) is 22.5 Å². The van der Waals surface area contributed by atoms with Gasteiger partial charge in [-0.2, -0.15) is 0 Å². The fraction of sp³-hybridized carbons (Fsp3) is 0.794. The molecule has 3 rings (SSSR count). The summed E-state index contributed by atoms with van der Waals surface area (Å²) in [6.45, 7) is 30.2. The first-order valence-corrected chi connectivity index (χ1v) is 31.0. The number of fused-ring (bicyclic) bond motifs is 1. The Labute approximate surface area is 280 Å². The van der Waals surface area contributed by atoms with Crippen LogP contribution < -0.4 is 5.73 Å². The second-order valence-corrected chi connectivity index (χ2v) is 38.8. The fourth-order valence-electron chi connectivity index (χ4n) is 5.71. The van der Waals surface area contributed by atoms with E-state index in [9.17, 15) is 0 Å². The van der Waals surface area contributed by atoms with Crippen LogP contribution in [0, 0.1) is 0 Å². The van der Waals surface area contributed by atoms with Gasteiger partial charge in [0.1, 0.15) is 0 Å². The molecule has 0 spiro atoms. The van der Waals surface area contributed by atoms with Crippen LogP contribution in [0.2, 0.25) is 49.6 Å². The molecular formula is C34H65N5O3Si2Sn. The van der Waals surface area contributed by atoms with E-state index in [0.717, 1.165) is 5.76 Å². The van der Waals surface area contributed by atoms with Crippen molar-refractivity contribution in [1.82, 2.24) is 19.5 Å². The third-order valence-corrected chi connectivity index (χ3v) is 33.8. The van der Waals surface area contributed by atoms with Crippen LogP contribution in [0.3, 0.4) is 0 Å². The predicted molar refractivity (Wildman–Crippen MR) is 197 cm³/mol. The zero-order valence-corrected chi connectivity index (χ0v) is 35.8. The molecule has 0 amide bonds. The van der Waals surface area contributed by atoms with Crippen molar-refractivity contribution in [3.8, 4) is 0 Å². The molecule has 256 valence electrons. The number of nitrogens with zero attached hydrogens (tertiary/aromatic N) is 4. The van der Waals surface area contributed by atoms with E-state index in [1.807, 2.05) is 4.57 Å². The molecule has 0 aliphatic carbocycles. The van der Waals surface area contributed by atoms with Gasteiger partial charge in [-0.05, 0) is 0 Å². The van der Waals surface area contributed by atoms with Gasteiger partial charge in [-0.3, -0.25) is 0 Å². The standard InChI is InChI=1S/C22H38N5O3Si2.3C4H9.Sn/c1-14-16(29-31(8,9)21(2,3)4)17(30-32(10,11)22(5,6)7)20(28-14)27-13-26-15-18(23)24-12-25-19(15)27;3*1-3-4-2;/h1,12-13,16-17,20H,2-11H3,(H2,23,24,25);3*1,3-4H2,2H3;/t16-,17-,20-;;;;/m1..../s1. The van der Waals surface area contributed by atoms with Crippen molar-refractivity contribution in [2.75, 3.05) is 5.73 Å². The quantitative estimate of drug-likeness (QED) is 0.180. The summed E-state index contributed by atoms with van der Waals surface area (Å²) in [6.07, 6.45) is 9.77. The molecule has 1 fully saturated rings. The van der Waals surface area contributed by atoms with Gasteiger partial charge in [0.05, 0.1) is 0 Å². The molecular weight excluding hydrogens is 701 g/mol. The molecule has 1 aliphatic heterocycles. The molecule has 11 heteroatoms. The molecule has 45 heavy (non-hydrogen) atoms. The number of hydrogen-bond acceptors (Lipinski definition) is 7. The first-order chi connectivity index (χ1) is 20.8. The molecule has 0 unspecified atom stereocenters. The summed E-state index contributed by atoms with van der Waals surface area (Å²) in [6, 6.07) is 0. The van der Waals surface area contributed by atoms with Crippen LogP contribution in [0.4, 0.5) is 5.82 Å². The average Bonchev–Trinajstić information content (AvgIpc) is 3.50. The van der Waals surface area contributed by atoms with Crippen LogP contribution in [0.1, 0.15) is 107 Å². The van der Waals surface area contributed by atoms with Gasteiger partial charge in [-0.1, -0.05) is 0 Å². The van der Waals surface area contributed by atoms with Crippen LogP contribution in [0.25, 0.3) is 11.2 Å². The fourth-order valence-corrected chi connectivity index (χ4v) is 23.0. The zero-order valence-electron chi connectivity index (χ0n) is 30.9. The molecule has 0 saturated carbocycles. The molecule has 2 aromatic rings. The molecule has 0 aromatic carbocycles. The summed E-state index contributed by atoms with van der Waals surface area (Å²) in [5, 5.41) is 0.0512. The number of hydrogen-bond donors (Lipinski definition) is 1. The number of nitrogen functional groups attached to an aromatic ring is 1. The van der Waals surface area contributed by atoms with Gasteiger partial charge in [0.2, 0.25) is 0 Å². The summed E-state index contributed by atoms with van der Waals surface area (Å²) >= 11 is -2.83. The first-order valence-electron chi connectivity index (χ1n) is 17.5. The second kappa shape index (κ2) is 15.1. The SMILES string of the molecule is CCC[CH2][Sn](/[CH]=C1\O[C@@H](n2cnc3c(N)ncnc32)[C@H](O[Si](C)(C)C(C)(C)C)[C@@H]1O[Si](C)(C)C(C)(C)C)([CH2]CCC)[CH2]CCC. The Morgan fingerprint density at radius 1 is 0.844 bits per heavy atom. The Morgan fingerprint density at radius 3 is 1.84 bits per heavy atom. The van der Waals surface area contributed by atoms with Crippen LogP contribution in [-0.2, 0) is 13.6 Å².